The standard InChI is InChI=1S/C13H19BrN2O/c1-10(17)12-6-5-11(9-13(12)14)16(4)8-7-15(2)3/h5-6,9H,7-8H2,1-4H3. The first-order valence-corrected chi connectivity index (χ1v) is 6.37. The first-order chi connectivity index (χ1) is 7.91. The lowest BCUT2D eigenvalue weighted by Gasteiger charge is -2.22. The second-order valence-electron chi connectivity index (χ2n) is 4.45. The Hall–Kier alpha value is -0.870. The van der Waals surface area contributed by atoms with Crippen LogP contribution in [0.25, 0.3) is 0 Å². The molecule has 0 radical (unpaired) electrons. The third kappa shape index (κ3) is 4.13. The number of carbonyl (C=O) groups is 1. The van der Waals surface area contributed by atoms with Gasteiger partial charge < -0.3 is 9.80 Å². The van der Waals surface area contributed by atoms with Gasteiger partial charge in [0.1, 0.15) is 0 Å². The molecule has 0 bridgehead atoms. The van der Waals surface area contributed by atoms with E-state index < -0.39 is 0 Å². The molecule has 1 rings (SSSR count). The summed E-state index contributed by atoms with van der Waals surface area (Å²) in [6.45, 7) is 3.54. The van der Waals surface area contributed by atoms with Crippen LogP contribution < -0.4 is 4.90 Å². The molecule has 3 nitrogen and oxygen atoms in total. The smallest absolute Gasteiger partial charge is 0.160 e. The van der Waals surface area contributed by atoms with Crippen LogP contribution in [0.1, 0.15) is 17.3 Å². The number of benzene rings is 1. The Morgan fingerprint density at radius 2 is 1.88 bits per heavy atom. The van der Waals surface area contributed by atoms with E-state index in [4.69, 9.17) is 0 Å². The lowest BCUT2D eigenvalue weighted by molar-refractivity contribution is 0.101. The van der Waals surface area contributed by atoms with Crippen LogP contribution in [0.4, 0.5) is 5.69 Å². The van der Waals surface area contributed by atoms with Gasteiger partial charge in [0.2, 0.25) is 0 Å². The zero-order valence-electron chi connectivity index (χ0n) is 10.8. The maximum atomic E-state index is 11.3. The molecule has 0 N–H and O–H groups in total. The zero-order chi connectivity index (χ0) is 13.0. The van der Waals surface area contributed by atoms with Gasteiger partial charge in [-0.3, -0.25) is 4.79 Å². The van der Waals surface area contributed by atoms with E-state index in [2.05, 4.69) is 46.9 Å². The number of anilines is 1. The van der Waals surface area contributed by atoms with Gasteiger partial charge in [0.05, 0.1) is 0 Å². The molecule has 0 saturated carbocycles. The van der Waals surface area contributed by atoms with Crippen molar-refractivity contribution in [1.82, 2.24) is 4.90 Å². The highest BCUT2D eigenvalue weighted by molar-refractivity contribution is 9.10. The van der Waals surface area contributed by atoms with Crippen molar-refractivity contribution in [2.24, 2.45) is 0 Å². The Morgan fingerprint density at radius 1 is 1.24 bits per heavy atom. The summed E-state index contributed by atoms with van der Waals surface area (Å²) in [5.74, 6) is 0.0827. The Kier molecular flexibility index (Phi) is 5.15. The van der Waals surface area contributed by atoms with Crippen LogP contribution in [-0.4, -0.2) is 44.9 Å². The number of hydrogen-bond donors (Lipinski definition) is 0. The van der Waals surface area contributed by atoms with Crippen LogP contribution in [0.2, 0.25) is 0 Å². The molecule has 0 aliphatic carbocycles. The number of hydrogen-bond acceptors (Lipinski definition) is 3. The number of nitrogens with zero attached hydrogens (tertiary/aromatic N) is 2. The first-order valence-electron chi connectivity index (χ1n) is 5.58. The van der Waals surface area contributed by atoms with Crippen molar-refractivity contribution in [2.75, 3.05) is 39.1 Å². The molecular formula is C13H19BrN2O. The van der Waals surface area contributed by atoms with E-state index in [1.54, 1.807) is 6.92 Å². The van der Waals surface area contributed by atoms with Gasteiger partial charge in [0.25, 0.3) is 0 Å². The molecule has 0 saturated heterocycles. The summed E-state index contributed by atoms with van der Waals surface area (Å²) in [6.07, 6.45) is 0. The molecule has 0 atom stereocenters. The molecule has 0 aliphatic heterocycles. The molecule has 17 heavy (non-hydrogen) atoms. The lowest BCUT2D eigenvalue weighted by Crippen LogP contribution is -2.28. The fourth-order valence-corrected chi connectivity index (χ4v) is 2.15. The largest absolute Gasteiger partial charge is 0.373 e. The van der Waals surface area contributed by atoms with E-state index in [1.165, 1.54) is 0 Å². The van der Waals surface area contributed by atoms with E-state index in [0.29, 0.717) is 0 Å². The zero-order valence-corrected chi connectivity index (χ0v) is 12.4. The fourth-order valence-electron chi connectivity index (χ4n) is 1.51. The summed E-state index contributed by atoms with van der Waals surface area (Å²) in [5, 5.41) is 0. The summed E-state index contributed by atoms with van der Waals surface area (Å²) in [4.78, 5) is 15.6. The molecule has 1 aromatic rings. The molecule has 0 heterocycles. The van der Waals surface area contributed by atoms with Crippen molar-refractivity contribution in [3.8, 4) is 0 Å². The van der Waals surface area contributed by atoms with Crippen LogP contribution in [0.15, 0.2) is 22.7 Å². The molecule has 1 aromatic carbocycles. The normalized spacial score (nSPS) is 10.7. The van der Waals surface area contributed by atoms with Gasteiger partial charge in [-0.2, -0.15) is 0 Å². The summed E-state index contributed by atoms with van der Waals surface area (Å²) >= 11 is 3.44. The van der Waals surface area contributed by atoms with Gasteiger partial charge in [0, 0.05) is 35.9 Å². The van der Waals surface area contributed by atoms with E-state index in [9.17, 15) is 4.79 Å². The first kappa shape index (κ1) is 14.2. The number of likely N-dealkylation sites (N-methyl/N-ethyl adjacent to an activating group) is 2. The van der Waals surface area contributed by atoms with Gasteiger partial charge in [-0.25, -0.2) is 0 Å². The molecule has 0 unspecified atom stereocenters. The molecule has 4 heteroatoms. The van der Waals surface area contributed by atoms with Crippen LogP contribution in [0, 0.1) is 0 Å². The number of carbonyl (C=O) groups excluding carboxylic acids is 1. The van der Waals surface area contributed by atoms with Crippen molar-refractivity contribution in [3.63, 3.8) is 0 Å². The van der Waals surface area contributed by atoms with Crippen molar-refractivity contribution in [3.05, 3.63) is 28.2 Å². The molecule has 94 valence electrons. The van der Waals surface area contributed by atoms with E-state index in [1.807, 2.05) is 18.2 Å². The van der Waals surface area contributed by atoms with E-state index in [0.717, 1.165) is 28.8 Å². The van der Waals surface area contributed by atoms with E-state index in [-0.39, 0.29) is 5.78 Å². The van der Waals surface area contributed by atoms with Crippen molar-refractivity contribution >= 4 is 27.4 Å². The maximum absolute atomic E-state index is 11.3. The number of halogens is 1. The van der Waals surface area contributed by atoms with Gasteiger partial charge in [-0.1, -0.05) is 0 Å². The third-order valence-electron chi connectivity index (χ3n) is 2.66. The molecule has 0 aliphatic rings. The third-order valence-corrected chi connectivity index (χ3v) is 3.31. The van der Waals surface area contributed by atoms with Gasteiger partial charge in [-0.15, -0.1) is 0 Å². The lowest BCUT2D eigenvalue weighted by atomic mass is 10.1. The summed E-state index contributed by atoms with van der Waals surface area (Å²) < 4.78 is 0.860. The fraction of sp³-hybridized carbons (Fsp3) is 0.462. The van der Waals surface area contributed by atoms with Crippen LogP contribution in [-0.2, 0) is 0 Å². The predicted molar refractivity (Wildman–Crippen MR) is 76.0 cm³/mol. The highest BCUT2D eigenvalue weighted by Gasteiger charge is 2.08. The minimum Gasteiger partial charge on any atom is -0.373 e. The highest BCUT2D eigenvalue weighted by atomic mass is 79.9. The number of Topliss-reactive ketones (excluding diaryl/α,β-unsaturated/α-hetero) is 1. The van der Waals surface area contributed by atoms with Gasteiger partial charge in [-0.05, 0) is 55.1 Å². The topological polar surface area (TPSA) is 23.6 Å². The Bertz CT molecular complexity index is 404. The molecule has 0 fully saturated rings. The van der Waals surface area contributed by atoms with Crippen molar-refractivity contribution in [1.29, 1.82) is 0 Å². The van der Waals surface area contributed by atoms with Crippen LogP contribution in [0.3, 0.4) is 0 Å². The SMILES string of the molecule is CC(=O)c1ccc(N(C)CCN(C)C)cc1Br. The second-order valence-corrected chi connectivity index (χ2v) is 5.30. The second kappa shape index (κ2) is 6.17. The van der Waals surface area contributed by atoms with Gasteiger partial charge in [0.15, 0.2) is 5.78 Å². The molecule has 0 aromatic heterocycles. The summed E-state index contributed by atoms with van der Waals surface area (Å²) in [7, 11) is 6.17. The highest BCUT2D eigenvalue weighted by Crippen LogP contribution is 2.23. The average Bonchev–Trinajstić information content (AvgIpc) is 2.25. The molecule has 0 amide bonds. The maximum Gasteiger partial charge on any atom is 0.160 e. The molecular weight excluding hydrogens is 280 g/mol. The van der Waals surface area contributed by atoms with Crippen LogP contribution >= 0.6 is 15.9 Å². The minimum atomic E-state index is 0.0827. The minimum absolute atomic E-state index is 0.0827. The predicted octanol–water partition coefficient (Wildman–Crippen LogP) is 2.65. The van der Waals surface area contributed by atoms with E-state index >= 15 is 0 Å². The summed E-state index contributed by atoms with van der Waals surface area (Å²) in [5.41, 5.74) is 1.85. The Labute approximate surface area is 112 Å². The monoisotopic (exact) mass is 298 g/mol. The average molecular weight is 299 g/mol. The number of rotatable bonds is 5. The van der Waals surface area contributed by atoms with Crippen molar-refractivity contribution in [2.45, 2.75) is 6.92 Å². The molecule has 0 spiro atoms. The quantitative estimate of drug-likeness (QED) is 0.781. The number of ketones is 1. The van der Waals surface area contributed by atoms with Gasteiger partial charge >= 0.3 is 0 Å². The summed E-state index contributed by atoms with van der Waals surface area (Å²) in [6, 6.07) is 5.84. The van der Waals surface area contributed by atoms with Crippen molar-refractivity contribution < 1.29 is 4.79 Å². The Morgan fingerprint density at radius 3 is 2.35 bits per heavy atom. The Balaban J connectivity index is 2.79. The van der Waals surface area contributed by atoms with Crippen LogP contribution in [0.5, 0.6) is 0 Å².